The Morgan fingerprint density at radius 3 is 2.32 bits per heavy atom. The van der Waals surface area contributed by atoms with Crippen molar-refractivity contribution in [1.82, 2.24) is 5.32 Å². The lowest BCUT2D eigenvalue weighted by molar-refractivity contribution is 0.395. The van der Waals surface area contributed by atoms with Crippen molar-refractivity contribution in [2.75, 3.05) is 6.54 Å². The zero-order chi connectivity index (χ0) is 13.7. The van der Waals surface area contributed by atoms with Crippen LogP contribution in [0.3, 0.4) is 0 Å². The summed E-state index contributed by atoms with van der Waals surface area (Å²) >= 11 is 0. The highest BCUT2D eigenvalue weighted by Gasteiger charge is 2.21. The Labute approximate surface area is 118 Å². The molecule has 0 bridgehead atoms. The molecule has 1 nitrogen and oxygen atoms in total. The van der Waals surface area contributed by atoms with Crippen molar-refractivity contribution in [1.29, 1.82) is 0 Å². The Morgan fingerprint density at radius 1 is 1.11 bits per heavy atom. The van der Waals surface area contributed by atoms with Crippen molar-refractivity contribution in [3.05, 3.63) is 34.9 Å². The van der Waals surface area contributed by atoms with Gasteiger partial charge in [-0.25, -0.2) is 0 Å². The molecular weight excluding hydrogens is 230 g/mol. The maximum atomic E-state index is 3.77. The molecule has 1 aliphatic rings. The monoisotopic (exact) mass is 259 g/mol. The summed E-state index contributed by atoms with van der Waals surface area (Å²) in [5.74, 6) is 0.940. The van der Waals surface area contributed by atoms with Gasteiger partial charge in [0.05, 0.1) is 0 Å². The van der Waals surface area contributed by atoms with Crippen LogP contribution >= 0.6 is 0 Å². The van der Waals surface area contributed by atoms with Crippen LogP contribution in [0.4, 0.5) is 0 Å². The van der Waals surface area contributed by atoms with E-state index >= 15 is 0 Å². The third kappa shape index (κ3) is 4.35. The van der Waals surface area contributed by atoms with Crippen molar-refractivity contribution in [3.63, 3.8) is 0 Å². The van der Waals surface area contributed by atoms with Crippen LogP contribution in [0.25, 0.3) is 0 Å². The molecule has 0 radical (unpaired) electrons. The molecule has 0 heterocycles. The Kier molecular flexibility index (Phi) is 5.45. The van der Waals surface area contributed by atoms with Crippen molar-refractivity contribution >= 4 is 0 Å². The lowest BCUT2D eigenvalue weighted by atomic mass is 9.92. The van der Waals surface area contributed by atoms with Crippen LogP contribution < -0.4 is 5.32 Å². The van der Waals surface area contributed by atoms with Crippen LogP contribution in [0.15, 0.2) is 18.2 Å². The van der Waals surface area contributed by atoms with Gasteiger partial charge in [-0.1, -0.05) is 61.9 Å². The predicted molar refractivity (Wildman–Crippen MR) is 83.5 cm³/mol. The minimum atomic E-state index is 0.557. The van der Waals surface area contributed by atoms with Crippen LogP contribution in [0.5, 0.6) is 0 Å². The average Bonchev–Trinajstić information content (AvgIpc) is 2.86. The van der Waals surface area contributed by atoms with E-state index < -0.39 is 0 Å². The van der Waals surface area contributed by atoms with Crippen molar-refractivity contribution in [3.8, 4) is 0 Å². The molecule has 19 heavy (non-hydrogen) atoms. The molecule has 0 spiro atoms. The number of aryl methyl sites for hydroxylation is 2. The smallest absolute Gasteiger partial charge is 0.0323 e. The first-order valence-electron chi connectivity index (χ1n) is 8.00. The van der Waals surface area contributed by atoms with Gasteiger partial charge in [0.2, 0.25) is 0 Å². The largest absolute Gasteiger partial charge is 0.310 e. The quantitative estimate of drug-likeness (QED) is 0.764. The van der Waals surface area contributed by atoms with E-state index in [1.807, 2.05) is 0 Å². The van der Waals surface area contributed by atoms with Gasteiger partial charge in [-0.05, 0) is 44.7 Å². The standard InChI is InChI=1S/C18H29N/c1-4-9-19-18(13-16-7-5-6-8-16)17-11-14(2)10-15(3)12-17/h10-12,16,18-19H,4-9,13H2,1-3H3. The first-order chi connectivity index (χ1) is 9.19. The second-order valence-electron chi connectivity index (χ2n) is 6.31. The summed E-state index contributed by atoms with van der Waals surface area (Å²) in [6.45, 7) is 7.80. The molecule has 1 aromatic carbocycles. The number of rotatable bonds is 6. The van der Waals surface area contributed by atoms with Crippen LogP contribution in [-0.4, -0.2) is 6.54 Å². The molecule has 1 unspecified atom stereocenters. The van der Waals surface area contributed by atoms with Crippen LogP contribution in [0.2, 0.25) is 0 Å². The fourth-order valence-electron chi connectivity index (χ4n) is 3.45. The van der Waals surface area contributed by atoms with Gasteiger partial charge in [-0.3, -0.25) is 0 Å². The summed E-state index contributed by atoms with van der Waals surface area (Å²) in [6, 6.07) is 7.57. The van der Waals surface area contributed by atoms with E-state index in [4.69, 9.17) is 0 Å². The third-order valence-corrected chi connectivity index (χ3v) is 4.33. The Balaban J connectivity index is 2.10. The van der Waals surface area contributed by atoms with Gasteiger partial charge in [-0.2, -0.15) is 0 Å². The fraction of sp³-hybridized carbons (Fsp3) is 0.667. The lowest BCUT2D eigenvalue weighted by Crippen LogP contribution is -2.24. The predicted octanol–water partition coefficient (Wildman–Crippen LogP) is 4.92. The third-order valence-electron chi connectivity index (χ3n) is 4.33. The van der Waals surface area contributed by atoms with Crippen LogP contribution in [-0.2, 0) is 0 Å². The number of hydrogen-bond acceptors (Lipinski definition) is 1. The van der Waals surface area contributed by atoms with Crippen LogP contribution in [0.1, 0.15) is 68.2 Å². The Bertz CT molecular complexity index is 370. The van der Waals surface area contributed by atoms with Gasteiger partial charge in [0.1, 0.15) is 0 Å². The second-order valence-corrected chi connectivity index (χ2v) is 6.31. The molecule has 1 saturated carbocycles. The Morgan fingerprint density at radius 2 is 1.74 bits per heavy atom. The second kappa shape index (κ2) is 7.09. The minimum absolute atomic E-state index is 0.557. The molecule has 1 aliphatic carbocycles. The molecule has 2 rings (SSSR count). The van der Waals surface area contributed by atoms with E-state index in [2.05, 4.69) is 44.3 Å². The van der Waals surface area contributed by atoms with E-state index in [0.29, 0.717) is 6.04 Å². The zero-order valence-corrected chi connectivity index (χ0v) is 12.8. The van der Waals surface area contributed by atoms with E-state index in [1.54, 1.807) is 0 Å². The Hall–Kier alpha value is -0.820. The zero-order valence-electron chi connectivity index (χ0n) is 12.8. The highest BCUT2D eigenvalue weighted by atomic mass is 14.9. The molecule has 0 amide bonds. The first-order valence-corrected chi connectivity index (χ1v) is 8.00. The molecule has 1 N–H and O–H groups in total. The summed E-state index contributed by atoms with van der Waals surface area (Å²) in [5, 5.41) is 3.77. The molecular formula is C18H29N. The van der Waals surface area contributed by atoms with Crippen molar-refractivity contribution < 1.29 is 0 Å². The molecule has 1 aromatic rings. The number of hydrogen-bond donors (Lipinski definition) is 1. The summed E-state index contributed by atoms with van der Waals surface area (Å²) in [7, 11) is 0. The maximum Gasteiger partial charge on any atom is 0.0323 e. The molecule has 106 valence electrons. The minimum Gasteiger partial charge on any atom is -0.310 e. The summed E-state index contributed by atoms with van der Waals surface area (Å²) < 4.78 is 0. The highest BCUT2D eigenvalue weighted by molar-refractivity contribution is 5.30. The van der Waals surface area contributed by atoms with Crippen molar-refractivity contribution in [2.24, 2.45) is 5.92 Å². The van der Waals surface area contributed by atoms with Crippen molar-refractivity contribution in [2.45, 2.75) is 65.3 Å². The van der Waals surface area contributed by atoms with Gasteiger partial charge in [0, 0.05) is 6.04 Å². The summed E-state index contributed by atoms with van der Waals surface area (Å²) in [6.07, 6.45) is 8.30. The molecule has 1 fully saturated rings. The van der Waals surface area contributed by atoms with Gasteiger partial charge < -0.3 is 5.32 Å². The van der Waals surface area contributed by atoms with Gasteiger partial charge in [-0.15, -0.1) is 0 Å². The highest BCUT2D eigenvalue weighted by Crippen LogP contribution is 2.33. The van der Waals surface area contributed by atoms with Gasteiger partial charge in [0.25, 0.3) is 0 Å². The summed E-state index contributed by atoms with van der Waals surface area (Å²) in [4.78, 5) is 0. The molecule has 1 heteroatoms. The van der Waals surface area contributed by atoms with Gasteiger partial charge in [0.15, 0.2) is 0 Å². The SMILES string of the molecule is CCCNC(CC1CCCC1)c1cc(C)cc(C)c1. The first kappa shape index (κ1) is 14.6. The molecule has 0 aromatic heterocycles. The molecule has 0 saturated heterocycles. The summed E-state index contributed by atoms with van der Waals surface area (Å²) in [5.41, 5.74) is 4.28. The van der Waals surface area contributed by atoms with E-state index in [1.165, 1.54) is 55.2 Å². The topological polar surface area (TPSA) is 12.0 Å². The van der Waals surface area contributed by atoms with E-state index in [9.17, 15) is 0 Å². The number of nitrogens with one attached hydrogen (secondary N) is 1. The fourth-order valence-corrected chi connectivity index (χ4v) is 3.45. The van der Waals surface area contributed by atoms with Gasteiger partial charge >= 0.3 is 0 Å². The average molecular weight is 259 g/mol. The normalized spacial score (nSPS) is 17.8. The lowest BCUT2D eigenvalue weighted by Gasteiger charge is -2.23. The van der Waals surface area contributed by atoms with Crippen LogP contribution in [0, 0.1) is 19.8 Å². The maximum absolute atomic E-state index is 3.77. The van der Waals surface area contributed by atoms with E-state index in [-0.39, 0.29) is 0 Å². The molecule has 1 atom stereocenters. The van der Waals surface area contributed by atoms with E-state index in [0.717, 1.165) is 12.5 Å². The molecule has 0 aliphatic heterocycles. The number of benzene rings is 1.